The maximum absolute atomic E-state index is 10.8. The van der Waals surface area contributed by atoms with Crippen molar-refractivity contribution in [3.63, 3.8) is 0 Å². The summed E-state index contributed by atoms with van der Waals surface area (Å²) in [6.45, 7) is 1.35. The van der Waals surface area contributed by atoms with Crippen LogP contribution < -0.4 is 5.32 Å². The first-order chi connectivity index (χ1) is 7.66. The van der Waals surface area contributed by atoms with Crippen molar-refractivity contribution >= 4 is 16.2 Å². The van der Waals surface area contributed by atoms with Gasteiger partial charge in [0.25, 0.3) is 0 Å². The van der Waals surface area contributed by atoms with Gasteiger partial charge in [-0.25, -0.2) is 13.2 Å². The summed E-state index contributed by atoms with van der Waals surface area (Å²) in [5.74, 6) is -0.356. The molecule has 0 radical (unpaired) electrons. The summed E-state index contributed by atoms with van der Waals surface area (Å²) in [5, 5.41) is 2.33. The number of quaternary nitrogens is 1. The number of alkyl carbamates (subject to hydrolysis) is 1. The molecule has 102 valence electrons. The van der Waals surface area contributed by atoms with E-state index in [1.807, 2.05) is 14.1 Å². The number of hydrogen-bond acceptors (Lipinski definition) is 5. The van der Waals surface area contributed by atoms with Gasteiger partial charge in [-0.2, -0.15) is 0 Å². The fourth-order valence-corrected chi connectivity index (χ4v) is 1.72. The summed E-state index contributed by atoms with van der Waals surface area (Å²) in [6.07, 6.45) is -0.189. The molecule has 0 bridgehead atoms. The number of amides is 1. The first-order valence-corrected chi connectivity index (χ1v) is 6.84. The molecule has 1 amide bonds. The summed E-state index contributed by atoms with van der Waals surface area (Å²) >= 11 is 0. The van der Waals surface area contributed by atoms with Crippen molar-refractivity contribution < 1.29 is 27.0 Å². The zero-order valence-corrected chi connectivity index (χ0v) is 11.2. The van der Waals surface area contributed by atoms with Crippen molar-refractivity contribution in [2.24, 2.45) is 0 Å². The van der Waals surface area contributed by atoms with Gasteiger partial charge in [-0.15, -0.1) is 0 Å². The molecule has 0 aromatic heterocycles. The Morgan fingerprint density at radius 3 is 2.41 bits per heavy atom. The second-order valence-electron chi connectivity index (χ2n) is 4.38. The van der Waals surface area contributed by atoms with E-state index >= 15 is 0 Å². The van der Waals surface area contributed by atoms with Crippen LogP contribution in [0, 0.1) is 0 Å². The van der Waals surface area contributed by atoms with Crippen LogP contribution in [0.5, 0.6) is 0 Å². The molecule has 0 aliphatic rings. The van der Waals surface area contributed by atoms with Crippen LogP contribution >= 0.6 is 0 Å². The predicted molar refractivity (Wildman–Crippen MR) is 61.4 cm³/mol. The fourth-order valence-electron chi connectivity index (χ4n) is 1.24. The number of nitrogens with one attached hydrogen (secondary N) is 1. The van der Waals surface area contributed by atoms with Crippen LogP contribution in [0.1, 0.15) is 6.42 Å². The molecule has 0 rings (SSSR count). The number of ether oxygens (including phenoxy) is 1. The number of nitrogens with zero attached hydrogens (tertiary/aromatic N) is 1. The highest BCUT2D eigenvalue weighted by Crippen LogP contribution is 2.01. The largest absolute Gasteiger partial charge is 0.748 e. The Bertz CT molecular complexity index is 339. The van der Waals surface area contributed by atoms with E-state index in [1.54, 1.807) is 0 Å². The topological polar surface area (TPSA) is 95.5 Å². The van der Waals surface area contributed by atoms with Gasteiger partial charge in [0, 0.05) is 19.2 Å². The fraction of sp³-hybridized carbons (Fsp3) is 0.889. The Morgan fingerprint density at radius 2 is 1.94 bits per heavy atom. The van der Waals surface area contributed by atoms with Crippen LogP contribution in [-0.2, 0) is 14.9 Å². The van der Waals surface area contributed by atoms with Crippen molar-refractivity contribution in [2.45, 2.75) is 6.42 Å². The Labute approximate surface area is 102 Å². The molecule has 0 heterocycles. The monoisotopic (exact) mass is 268 g/mol. The molecule has 0 atom stereocenters. The zero-order valence-electron chi connectivity index (χ0n) is 10.4. The molecule has 0 aromatic rings. The van der Waals surface area contributed by atoms with E-state index < -0.39 is 16.2 Å². The summed E-state index contributed by atoms with van der Waals surface area (Å²) in [6, 6.07) is 0. The Balaban J connectivity index is 3.84. The first kappa shape index (κ1) is 16.1. The van der Waals surface area contributed by atoms with E-state index in [0.29, 0.717) is 24.0 Å². The van der Waals surface area contributed by atoms with Crippen LogP contribution in [0.4, 0.5) is 4.79 Å². The van der Waals surface area contributed by atoms with Crippen LogP contribution in [0.2, 0.25) is 0 Å². The normalized spacial score (nSPS) is 12.2. The second kappa shape index (κ2) is 6.77. The summed E-state index contributed by atoms with van der Waals surface area (Å²) < 4.78 is 36.6. The highest BCUT2D eigenvalue weighted by molar-refractivity contribution is 7.85. The number of rotatable bonds is 7. The molecule has 0 saturated heterocycles. The summed E-state index contributed by atoms with van der Waals surface area (Å²) in [4.78, 5) is 10.8. The first-order valence-electron chi connectivity index (χ1n) is 5.26. The van der Waals surface area contributed by atoms with Crippen LogP contribution in [0.25, 0.3) is 0 Å². The van der Waals surface area contributed by atoms with Gasteiger partial charge in [0.1, 0.15) is 13.2 Å². The smallest absolute Gasteiger partial charge is 0.407 e. The molecule has 8 heteroatoms. The van der Waals surface area contributed by atoms with Crippen LogP contribution in [0.15, 0.2) is 0 Å². The van der Waals surface area contributed by atoms with Gasteiger partial charge in [-0.3, -0.25) is 0 Å². The van der Waals surface area contributed by atoms with E-state index in [1.165, 1.54) is 7.05 Å². The van der Waals surface area contributed by atoms with Crippen molar-refractivity contribution in [3.05, 3.63) is 0 Å². The molecular formula is C9H20N2O5S. The van der Waals surface area contributed by atoms with Crippen molar-refractivity contribution in [3.8, 4) is 0 Å². The van der Waals surface area contributed by atoms with E-state index in [2.05, 4.69) is 5.32 Å². The third kappa shape index (κ3) is 10.0. The molecule has 0 aromatic carbocycles. The third-order valence-electron chi connectivity index (χ3n) is 2.29. The maximum Gasteiger partial charge on any atom is 0.407 e. The van der Waals surface area contributed by atoms with E-state index in [0.717, 1.165) is 0 Å². The average Bonchev–Trinajstić information content (AvgIpc) is 2.14. The highest BCUT2D eigenvalue weighted by atomic mass is 32.2. The quantitative estimate of drug-likeness (QED) is 0.489. The van der Waals surface area contributed by atoms with Gasteiger partial charge < -0.3 is 19.1 Å². The molecular weight excluding hydrogens is 248 g/mol. The van der Waals surface area contributed by atoms with Gasteiger partial charge >= 0.3 is 6.09 Å². The number of carbonyl (C=O) groups excluding carboxylic acids is 1. The SMILES string of the molecule is CNC(=O)OCC[N+](C)(C)CCCS(=O)(=O)[O-]. The molecule has 0 unspecified atom stereocenters. The van der Waals surface area contributed by atoms with Gasteiger partial charge in [-0.05, 0) is 0 Å². The minimum Gasteiger partial charge on any atom is -0.748 e. The Kier molecular flexibility index (Phi) is 6.43. The molecule has 7 nitrogen and oxygen atoms in total. The van der Waals surface area contributed by atoms with Crippen molar-refractivity contribution in [2.75, 3.05) is 46.6 Å². The van der Waals surface area contributed by atoms with Crippen molar-refractivity contribution in [1.29, 1.82) is 0 Å². The number of likely N-dealkylation sites (N-methyl/N-ethyl adjacent to an activating group) is 1. The predicted octanol–water partition coefficient (Wildman–Crippen LogP) is -0.646. The molecule has 17 heavy (non-hydrogen) atoms. The molecule has 0 fully saturated rings. The van der Waals surface area contributed by atoms with Crippen LogP contribution in [0.3, 0.4) is 0 Å². The molecule has 0 aliphatic carbocycles. The standard InChI is InChI=1S/C9H20N2O5S/c1-10-9(12)16-7-6-11(2,3)5-4-8-17(13,14)15/h4-8H2,1-3H3,(H-,10,12,13,14,15). The second-order valence-corrected chi connectivity index (χ2v) is 5.91. The molecule has 0 saturated carbocycles. The van der Waals surface area contributed by atoms with E-state index in [4.69, 9.17) is 4.74 Å². The maximum atomic E-state index is 10.8. The summed E-state index contributed by atoms with van der Waals surface area (Å²) in [7, 11) is 1.09. The Hall–Kier alpha value is -0.860. The highest BCUT2D eigenvalue weighted by Gasteiger charge is 2.15. The minimum atomic E-state index is -4.14. The lowest BCUT2D eigenvalue weighted by Gasteiger charge is -2.29. The number of hydrogen-bond donors (Lipinski definition) is 1. The van der Waals surface area contributed by atoms with Crippen LogP contribution in [-0.4, -0.2) is 70.1 Å². The summed E-state index contributed by atoms with van der Waals surface area (Å²) in [5.41, 5.74) is 0. The third-order valence-corrected chi connectivity index (χ3v) is 3.08. The molecule has 0 aliphatic heterocycles. The van der Waals surface area contributed by atoms with Gasteiger partial charge in [0.2, 0.25) is 0 Å². The van der Waals surface area contributed by atoms with E-state index in [-0.39, 0.29) is 12.4 Å². The van der Waals surface area contributed by atoms with Gasteiger partial charge in [0.15, 0.2) is 0 Å². The lowest BCUT2D eigenvalue weighted by Crippen LogP contribution is -2.44. The number of carbonyl (C=O) groups is 1. The minimum absolute atomic E-state index is 0.247. The lowest BCUT2D eigenvalue weighted by atomic mass is 10.4. The zero-order chi connectivity index (χ0) is 13.5. The molecule has 0 spiro atoms. The average molecular weight is 268 g/mol. The van der Waals surface area contributed by atoms with Gasteiger partial charge in [-0.1, -0.05) is 0 Å². The van der Waals surface area contributed by atoms with Gasteiger partial charge in [0.05, 0.1) is 30.8 Å². The lowest BCUT2D eigenvalue weighted by molar-refractivity contribution is -0.890. The molecule has 1 N–H and O–H groups in total. The van der Waals surface area contributed by atoms with Crippen molar-refractivity contribution in [1.82, 2.24) is 5.32 Å². The van der Waals surface area contributed by atoms with E-state index in [9.17, 15) is 17.8 Å². The Morgan fingerprint density at radius 1 is 1.35 bits per heavy atom.